The van der Waals surface area contributed by atoms with Crippen molar-refractivity contribution in [2.24, 2.45) is 17.3 Å². The molecule has 2 aliphatic carbocycles. The molecule has 2 saturated carbocycles. The van der Waals surface area contributed by atoms with Crippen LogP contribution in [0.25, 0.3) is 10.8 Å². The highest BCUT2D eigenvalue weighted by molar-refractivity contribution is 5.89. The fourth-order valence-corrected chi connectivity index (χ4v) is 5.84. The summed E-state index contributed by atoms with van der Waals surface area (Å²) in [7, 11) is 0. The molecule has 0 saturated heterocycles. The van der Waals surface area contributed by atoms with Gasteiger partial charge in [-0.2, -0.15) is 13.2 Å². The van der Waals surface area contributed by atoms with Crippen molar-refractivity contribution in [3.63, 3.8) is 0 Å². The largest absolute Gasteiger partial charge is 0.490 e. The molecule has 0 heterocycles. The number of carboxylic acid groups (broad SMARTS) is 1. The van der Waals surface area contributed by atoms with Crippen molar-refractivity contribution in [1.29, 1.82) is 0 Å². The molecule has 2 fully saturated rings. The summed E-state index contributed by atoms with van der Waals surface area (Å²) in [5.74, 6) is -0.687. The minimum absolute atomic E-state index is 0.0238. The summed E-state index contributed by atoms with van der Waals surface area (Å²) in [6.45, 7) is 7.89. The number of hydrogen-bond donors (Lipinski definition) is 2. The molecular formula is C28H36F3NO3. The SMILES string of the molecule is CC[C@H]1CC[C@@H](Oc2ccc3ccc([C@H](C)N[C@H]4C[C@H](C(=O)O)C4(C)C)cc3c2C(F)(F)F)CC1. The molecule has 2 aromatic rings. The van der Waals surface area contributed by atoms with Gasteiger partial charge in [-0.3, -0.25) is 4.79 Å². The Morgan fingerprint density at radius 2 is 1.83 bits per heavy atom. The molecule has 0 amide bonds. The number of aliphatic carboxylic acids is 1. The first-order valence-electron chi connectivity index (χ1n) is 12.7. The van der Waals surface area contributed by atoms with Crippen LogP contribution < -0.4 is 10.1 Å². The lowest BCUT2D eigenvalue weighted by Crippen LogP contribution is -2.59. The van der Waals surface area contributed by atoms with Crippen molar-refractivity contribution in [2.75, 3.05) is 0 Å². The van der Waals surface area contributed by atoms with Crippen LogP contribution in [0.5, 0.6) is 5.75 Å². The van der Waals surface area contributed by atoms with Gasteiger partial charge in [-0.15, -0.1) is 0 Å². The van der Waals surface area contributed by atoms with Crippen LogP contribution in [-0.4, -0.2) is 23.2 Å². The van der Waals surface area contributed by atoms with Gasteiger partial charge in [0.05, 0.1) is 12.0 Å². The van der Waals surface area contributed by atoms with E-state index in [1.54, 1.807) is 18.2 Å². The Morgan fingerprint density at radius 3 is 2.40 bits per heavy atom. The first-order chi connectivity index (χ1) is 16.4. The van der Waals surface area contributed by atoms with Gasteiger partial charge in [0, 0.05) is 12.1 Å². The summed E-state index contributed by atoms with van der Waals surface area (Å²) in [6.07, 6.45) is 0.408. The molecule has 0 spiro atoms. The lowest BCUT2D eigenvalue weighted by molar-refractivity contribution is -0.155. The number of carbonyl (C=O) groups is 1. The van der Waals surface area contributed by atoms with E-state index in [-0.39, 0.29) is 29.3 Å². The van der Waals surface area contributed by atoms with Crippen LogP contribution in [0.2, 0.25) is 0 Å². The van der Waals surface area contributed by atoms with Crippen LogP contribution in [0.1, 0.15) is 83.4 Å². The topological polar surface area (TPSA) is 58.6 Å². The molecule has 0 radical (unpaired) electrons. The lowest BCUT2D eigenvalue weighted by Gasteiger charge is -2.51. The van der Waals surface area contributed by atoms with Crippen molar-refractivity contribution in [1.82, 2.24) is 5.32 Å². The third-order valence-corrected chi connectivity index (χ3v) is 8.47. The average molecular weight is 492 g/mol. The summed E-state index contributed by atoms with van der Waals surface area (Å²) < 4.78 is 49.0. The minimum Gasteiger partial charge on any atom is -0.490 e. The first kappa shape index (κ1) is 25.8. The molecule has 2 aromatic carbocycles. The number of rotatable bonds is 7. The highest BCUT2D eigenvalue weighted by atomic mass is 19.4. The van der Waals surface area contributed by atoms with E-state index in [9.17, 15) is 23.1 Å². The number of fused-ring (bicyclic) bond motifs is 1. The molecule has 35 heavy (non-hydrogen) atoms. The zero-order valence-corrected chi connectivity index (χ0v) is 20.9. The number of hydrogen-bond acceptors (Lipinski definition) is 3. The third kappa shape index (κ3) is 5.16. The Kier molecular flexibility index (Phi) is 7.11. The predicted octanol–water partition coefficient (Wildman–Crippen LogP) is 7.36. The fraction of sp³-hybridized carbons (Fsp3) is 0.607. The van der Waals surface area contributed by atoms with Gasteiger partial charge in [0.1, 0.15) is 11.3 Å². The van der Waals surface area contributed by atoms with Crippen LogP contribution in [0.15, 0.2) is 30.3 Å². The Labute approximate surface area is 205 Å². The van der Waals surface area contributed by atoms with Crippen molar-refractivity contribution in [3.05, 3.63) is 41.5 Å². The van der Waals surface area contributed by atoms with Gasteiger partial charge in [0.15, 0.2) is 0 Å². The molecule has 2 aliphatic rings. The van der Waals surface area contributed by atoms with Crippen molar-refractivity contribution in [3.8, 4) is 5.75 Å². The van der Waals surface area contributed by atoms with Gasteiger partial charge in [-0.05, 0) is 78.8 Å². The van der Waals surface area contributed by atoms with E-state index in [1.165, 1.54) is 6.07 Å². The zero-order chi connectivity index (χ0) is 25.5. The van der Waals surface area contributed by atoms with Gasteiger partial charge in [0.25, 0.3) is 0 Å². The second-order valence-corrected chi connectivity index (χ2v) is 11.0. The van der Waals surface area contributed by atoms with Gasteiger partial charge in [-0.1, -0.05) is 45.4 Å². The average Bonchev–Trinajstić information content (AvgIpc) is 2.80. The predicted molar refractivity (Wildman–Crippen MR) is 130 cm³/mol. The van der Waals surface area contributed by atoms with E-state index in [2.05, 4.69) is 12.2 Å². The number of benzene rings is 2. The second-order valence-electron chi connectivity index (χ2n) is 11.0. The number of nitrogens with one attached hydrogen (secondary N) is 1. The maximum Gasteiger partial charge on any atom is 0.420 e. The summed E-state index contributed by atoms with van der Waals surface area (Å²) in [5, 5.41) is 13.5. The molecule has 2 N–H and O–H groups in total. The maximum absolute atomic E-state index is 14.3. The molecular weight excluding hydrogens is 455 g/mol. The lowest BCUT2D eigenvalue weighted by atomic mass is 9.58. The standard InChI is InChI=1S/C28H36F3NO3/c1-5-17-6-11-20(12-7-17)35-23-13-10-18-8-9-19(14-21(18)25(23)28(29,30)31)16(2)32-24-15-22(26(33)34)27(24,3)4/h8-10,13-14,16-17,20,22,24,32H,5-7,11-12,15H2,1-4H3,(H,33,34)/t16-,17-,20+,22+,24-/m0/s1. The van der Waals surface area contributed by atoms with Crippen LogP contribution in [0.3, 0.4) is 0 Å². The maximum atomic E-state index is 14.3. The first-order valence-corrected chi connectivity index (χ1v) is 12.7. The molecule has 0 bridgehead atoms. The van der Waals surface area contributed by atoms with Crippen LogP contribution >= 0.6 is 0 Å². The highest BCUT2D eigenvalue weighted by Crippen LogP contribution is 2.47. The molecule has 7 heteroatoms. The van der Waals surface area contributed by atoms with Crippen LogP contribution in [-0.2, 0) is 11.0 Å². The number of ether oxygens (including phenoxy) is 1. The van der Waals surface area contributed by atoms with Crippen LogP contribution in [0, 0.1) is 17.3 Å². The summed E-state index contributed by atoms with van der Waals surface area (Å²) in [6, 6.07) is 8.08. The Hall–Kier alpha value is -2.28. The Balaban J connectivity index is 1.60. The van der Waals surface area contributed by atoms with Gasteiger partial charge < -0.3 is 15.2 Å². The summed E-state index contributed by atoms with van der Waals surface area (Å²) in [5.41, 5.74) is -0.402. The summed E-state index contributed by atoms with van der Waals surface area (Å²) >= 11 is 0. The van der Waals surface area contributed by atoms with Gasteiger partial charge >= 0.3 is 12.1 Å². The Morgan fingerprint density at radius 1 is 1.17 bits per heavy atom. The van der Waals surface area contributed by atoms with E-state index in [0.29, 0.717) is 17.7 Å². The van der Waals surface area contributed by atoms with Crippen molar-refractivity contribution < 1.29 is 27.8 Å². The quantitative estimate of drug-likeness (QED) is 0.425. The Bertz CT molecular complexity index is 1070. The third-order valence-electron chi connectivity index (χ3n) is 8.47. The fourth-order valence-electron chi connectivity index (χ4n) is 5.84. The molecule has 0 aliphatic heterocycles. The molecule has 192 valence electrons. The van der Waals surface area contributed by atoms with E-state index < -0.39 is 29.0 Å². The van der Waals surface area contributed by atoms with E-state index in [0.717, 1.165) is 37.7 Å². The second kappa shape index (κ2) is 9.64. The summed E-state index contributed by atoms with van der Waals surface area (Å²) in [4.78, 5) is 11.4. The molecule has 3 atom stereocenters. The van der Waals surface area contributed by atoms with E-state index in [1.807, 2.05) is 26.8 Å². The van der Waals surface area contributed by atoms with Crippen molar-refractivity contribution >= 4 is 16.7 Å². The van der Waals surface area contributed by atoms with Gasteiger partial charge in [0.2, 0.25) is 0 Å². The number of carboxylic acids is 1. The molecule has 0 aromatic heterocycles. The van der Waals surface area contributed by atoms with E-state index >= 15 is 0 Å². The van der Waals surface area contributed by atoms with Crippen LogP contribution in [0.4, 0.5) is 13.2 Å². The van der Waals surface area contributed by atoms with Crippen molar-refractivity contribution in [2.45, 2.75) is 90.6 Å². The normalized spacial score (nSPS) is 27.3. The van der Waals surface area contributed by atoms with Gasteiger partial charge in [-0.25, -0.2) is 0 Å². The molecule has 4 nitrogen and oxygen atoms in total. The molecule has 4 rings (SSSR count). The number of halogens is 3. The highest BCUT2D eigenvalue weighted by Gasteiger charge is 2.52. The van der Waals surface area contributed by atoms with E-state index in [4.69, 9.17) is 4.74 Å². The number of alkyl halides is 3. The zero-order valence-electron chi connectivity index (χ0n) is 20.9. The molecule has 0 unspecified atom stereocenters. The smallest absolute Gasteiger partial charge is 0.420 e. The minimum atomic E-state index is -4.55. The monoisotopic (exact) mass is 491 g/mol.